The highest BCUT2D eigenvalue weighted by Crippen LogP contribution is 2.16. The highest BCUT2D eigenvalue weighted by atomic mass is 16.6. The molecule has 1 unspecified atom stereocenters. The van der Waals surface area contributed by atoms with Gasteiger partial charge in [-0.15, -0.1) is 0 Å². The number of rotatable bonds is 45. The van der Waals surface area contributed by atoms with Crippen molar-refractivity contribution in [3.63, 3.8) is 0 Å². The zero-order valence-electron chi connectivity index (χ0n) is 39.0. The SMILES string of the molecule is CC/C=C\C/C=C\CCCCCCCCCC(=O)OC(COC(=O)CCCC/C=C\C/C=C\CC)COC(=O)CCCCCCCCCCCCCCCCCCCC. The number of esters is 3. The molecule has 0 saturated heterocycles. The summed E-state index contributed by atoms with van der Waals surface area (Å²) in [6, 6.07) is 0. The fraction of sp³-hybridized carbons (Fsp3) is 0.792. The van der Waals surface area contributed by atoms with Gasteiger partial charge >= 0.3 is 17.9 Å². The largest absolute Gasteiger partial charge is 0.462 e. The maximum atomic E-state index is 12.7. The van der Waals surface area contributed by atoms with Crippen LogP contribution in [0.15, 0.2) is 48.6 Å². The minimum atomic E-state index is -0.786. The molecule has 0 aromatic heterocycles. The molecule has 0 heterocycles. The monoisotopic (exact) mass is 827 g/mol. The molecule has 1 atom stereocenters. The van der Waals surface area contributed by atoms with E-state index in [1.807, 2.05) is 0 Å². The third-order valence-corrected chi connectivity index (χ3v) is 10.8. The van der Waals surface area contributed by atoms with Crippen LogP contribution in [0.3, 0.4) is 0 Å². The Bertz CT molecular complexity index is 1040. The number of allylic oxidation sites excluding steroid dienone is 8. The van der Waals surface area contributed by atoms with E-state index in [0.717, 1.165) is 89.9 Å². The summed E-state index contributed by atoms with van der Waals surface area (Å²) in [7, 11) is 0. The van der Waals surface area contributed by atoms with Gasteiger partial charge in [0.05, 0.1) is 0 Å². The molecule has 0 spiro atoms. The minimum Gasteiger partial charge on any atom is -0.462 e. The van der Waals surface area contributed by atoms with Gasteiger partial charge in [0, 0.05) is 19.3 Å². The van der Waals surface area contributed by atoms with E-state index in [9.17, 15) is 14.4 Å². The Kier molecular flexibility index (Phi) is 45.9. The van der Waals surface area contributed by atoms with Gasteiger partial charge in [-0.25, -0.2) is 0 Å². The maximum Gasteiger partial charge on any atom is 0.306 e. The molecule has 6 heteroatoms. The Morgan fingerprint density at radius 3 is 1.05 bits per heavy atom. The van der Waals surface area contributed by atoms with Crippen LogP contribution in [-0.2, 0) is 28.6 Å². The van der Waals surface area contributed by atoms with Gasteiger partial charge < -0.3 is 14.2 Å². The van der Waals surface area contributed by atoms with Crippen LogP contribution < -0.4 is 0 Å². The van der Waals surface area contributed by atoms with Crippen LogP contribution in [0.25, 0.3) is 0 Å². The fourth-order valence-electron chi connectivity index (χ4n) is 7.11. The number of hydrogen-bond acceptors (Lipinski definition) is 6. The molecular formula is C53H94O6. The number of carbonyl (C=O) groups is 3. The van der Waals surface area contributed by atoms with Crippen LogP contribution in [0.5, 0.6) is 0 Å². The van der Waals surface area contributed by atoms with Crippen LogP contribution in [0.4, 0.5) is 0 Å². The van der Waals surface area contributed by atoms with E-state index >= 15 is 0 Å². The molecule has 0 aliphatic heterocycles. The third-order valence-electron chi connectivity index (χ3n) is 10.8. The molecule has 0 aromatic rings. The van der Waals surface area contributed by atoms with Crippen molar-refractivity contribution in [1.29, 1.82) is 0 Å². The van der Waals surface area contributed by atoms with Gasteiger partial charge in [-0.2, -0.15) is 0 Å². The number of carbonyl (C=O) groups excluding carboxylic acids is 3. The zero-order valence-corrected chi connectivity index (χ0v) is 39.0. The molecule has 0 N–H and O–H groups in total. The summed E-state index contributed by atoms with van der Waals surface area (Å²) in [5.74, 6) is -0.926. The summed E-state index contributed by atoms with van der Waals surface area (Å²) < 4.78 is 16.7. The lowest BCUT2D eigenvalue weighted by Crippen LogP contribution is -2.30. The maximum absolute atomic E-state index is 12.7. The summed E-state index contributed by atoms with van der Waals surface area (Å²) in [4.78, 5) is 37.8. The lowest BCUT2D eigenvalue weighted by atomic mass is 10.0. The highest BCUT2D eigenvalue weighted by Gasteiger charge is 2.19. The second-order valence-electron chi connectivity index (χ2n) is 16.7. The van der Waals surface area contributed by atoms with Crippen molar-refractivity contribution in [2.75, 3.05) is 13.2 Å². The molecule has 0 radical (unpaired) electrons. The standard InChI is InChI=1S/C53H94O6/c1-4-7-10-13-16-19-21-23-25-26-27-28-30-31-34-37-40-43-46-52(55)58-49-50(48-57-51(54)45-42-39-36-33-18-15-12-9-6-3)59-53(56)47-44-41-38-35-32-29-24-22-20-17-14-11-8-5-2/h8-9,11-12,17-18,20,33,50H,4-7,10,13-16,19,21-32,34-49H2,1-3H3/b11-8-,12-9-,20-17-,33-18-. The van der Waals surface area contributed by atoms with Gasteiger partial charge in [-0.3, -0.25) is 14.4 Å². The first-order valence-corrected chi connectivity index (χ1v) is 25.1. The Morgan fingerprint density at radius 1 is 0.356 bits per heavy atom. The van der Waals surface area contributed by atoms with E-state index in [-0.39, 0.29) is 31.1 Å². The van der Waals surface area contributed by atoms with E-state index in [1.54, 1.807) is 0 Å². The number of ether oxygens (including phenoxy) is 3. The van der Waals surface area contributed by atoms with Crippen LogP contribution in [0.1, 0.15) is 252 Å². The van der Waals surface area contributed by atoms with Gasteiger partial charge in [0.25, 0.3) is 0 Å². The topological polar surface area (TPSA) is 78.9 Å². The molecular weight excluding hydrogens is 733 g/mol. The van der Waals surface area contributed by atoms with Crippen molar-refractivity contribution in [2.24, 2.45) is 0 Å². The van der Waals surface area contributed by atoms with Crippen molar-refractivity contribution in [1.82, 2.24) is 0 Å². The molecule has 0 aromatic carbocycles. The van der Waals surface area contributed by atoms with E-state index in [4.69, 9.17) is 14.2 Å². The second-order valence-corrected chi connectivity index (χ2v) is 16.7. The first-order valence-electron chi connectivity index (χ1n) is 25.1. The summed E-state index contributed by atoms with van der Waals surface area (Å²) in [6.07, 6.45) is 56.9. The number of hydrogen-bond donors (Lipinski definition) is 0. The first kappa shape index (κ1) is 56.4. The normalized spacial score (nSPS) is 12.4. The van der Waals surface area contributed by atoms with E-state index in [2.05, 4.69) is 69.4 Å². The van der Waals surface area contributed by atoms with E-state index in [0.29, 0.717) is 19.3 Å². The average molecular weight is 827 g/mol. The first-order chi connectivity index (χ1) is 29.0. The van der Waals surface area contributed by atoms with E-state index in [1.165, 1.54) is 122 Å². The van der Waals surface area contributed by atoms with Gasteiger partial charge in [0.2, 0.25) is 0 Å². The highest BCUT2D eigenvalue weighted by molar-refractivity contribution is 5.71. The average Bonchev–Trinajstić information content (AvgIpc) is 3.23. The fourth-order valence-corrected chi connectivity index (χ4v) is 7.11. The lowest BCUT2D eigenvalue weighted by Gasteiger charge is -2.18. The van der Waals surface area contributed by atoms with Gasteiger partial charge in [-0.1, -0.05) is 211 Å². The second kappa shape index (κ2) is 48.0. The van der Waals surface area contributed by atoms with Crippen molar-refractivity contribution >= 4 is 17.9 Å². The number of unbranched alkanes of at least 4 members (excludes halogenated alkanes) is 26. The quantitative estimate of drug-likeness (QED) is 0.0263. The Morgan fingerprint density at radius 2 is 0.661 bits per heavy atom. The molecule has 0 bridgehead atoms. The molecule has 6 nitrogen and oxygen atoms in total. The Balaban J connectivity index is 4.30. The Hall–Kier alpha value is -2.63. The minimum absolute atomic E-state index is 0.0845. The predicted octanol–water partition coefficient (Wildman–Crippen LogP) is 16.3. The van der Waals surface area contributed by atoms with Crippen molar-refractivity contribution in [2.45, 2.75) is 258 Å². The Labute approximate surface area is 365 Å². The molecule has 0 fully saturated rings. The summed E-state index contributed by atoms with van der Waals surface area (Å²) >= 11 is 0. The zero-order chi connectivity index (χ0) is 43.0. The molecule has 0 amide bonds. The molecule has 0 aliphatic rings. The summed E-state index contributed by atoms with van der Waals surface area (Å²) in [6.45, 7) is 6.39. The molecule has 0 aliphatic carbocycles. The summed E-state index contributed by atoms with van der Waals surface area (Å²) in [5.41, 5.74) is 0. The molecule has 342 valence electrons. The van der Waals surface area contributed by atoms with Gasteiger partial charge in [0.1, 0.15) is 13.2 Å². The van der Waals surface area contributed by atoms with Crippen LogP contribution in [-0.4, -0.2) is 37.2 Å². The van der Waals surface area contributed by atoms with Crippen LogP contribution in [0.2, 0.25) is 0 Å². The van der Waals surface area contributed by atoms with E-state index < -0.39 is 6.10 Å². The molecule has 0 saturated carbocycles. The predicted molar refractivity (Wildman–Crippen MR) is 252 cm³/mol. The lowest BCUT2D eigenvalue weighted by molar-refractivity contribution is -0.167. The third kappa shape index (κ3) is 46.3. The smallest absolute Gasteiger partial charge is 0.306 e. The van der Waals surface area contributed by atoms with Crippen LogP contribution in [0, 0.1) is 0 Å². The van der Waals surface area contributed by atoms with Crippen molar-refractivity contribution < 1.29 is 28.6 Å². The van der Waals surface area contributed by atoms with Crippen molar-refractivity contribution in [3.05, 3.63) is 48.6 Å². The summed E-state index contributed by atoms with van der Waals surface area (Å²) in [5, 5.41) is 0. The van der Waals surface area contributed by atoms with Gasteiger partial charge in [-0.05, 0) is 70.6 Å². The van der Waals surface area contributed by atoms with Crippen molar-refractivity contribution in [3.8, 4) is 0 Å². The van der Waals surface area contributed by atoms with Crippen LogP contribution >= 0.6 is 0 Å². The van der Waals surface area contributed by atoms with Gasteiger partial charge in [0.15, 0.2) is 6.10 Å². The molecule has 0 rings (SSSR count). The molecule has 59 heavy (non-hydrogen) atoms.